The van der Waals surface area contributed by atoms with Crippen LogP contribution in [0.2, 0.25) is 0 Å². The van der Waals surface area contributed by atoms with E-state index in [9.17, 15) is 9.90 Å². The van der Waals surface area contributed by atoms with Gasteiger partial charge in [-0.1, -0.05) is 32.9 Å². The molecule has 2 unspecified atom stereocenters. The predicted octanol–water partition coefficient (Wildman–Crippen LogP) is 3.45. The minimum Gasteiger partial charge on any atom is -0.497 e. The molecule has 0 bridgehead atoms. The van der Waals surface area contributed by atoms with Crippen molar-refractivity contribution < 1.29 is 14.6 Å². The maximum absolute atomic E-state index is 11.9. The van der Waals surface area contributed by atoms with Gasteiger partial charge in [-0.2, -0.15) is 0 Å². The fraction of sp³-hybridized carbons (Fsp3) is 0.611. The van der Waals surface area contributed by atoms with Crippen molar-refractivity contribution in [3.05, 3.63) is 29.8 Å². The highest BCUT2D eigenvalue weighted by molar-refractivity contribution is 5.76. The Morgan fingerprint density at radius 3 is 2.36 bits per heavy atom. The maximum atomic E-state index is 11.9. The van der Waals surface area contributed by atoms with E-state index in [4.69, 9.17) is 4.74 Å². The molecule has 1 aromatic carbocycles. The Morgan fingerprint density at radius 2 is 1.86 bits per heavy atom. The third-order valence-corrected chi connectivity index (χ3v) is 3.65. The Bertz CT molecular complexity index is 462. The van der Waals surface area contributed by atoms with Crippen LogP contribution < -0.4 is 10.1 Å². The normalized spacial score (nSPS) is 14.3. The lowest BCUT2D eigenvalue weighted by atomic mass is 9.90. The van der Waals surface area contributed by atoms with Gasteiger partial charge in [-0.15, -0.1) is 0 Å². The summed E-state index contributed by atoms with van der Waals surface area (Å²) in [5, 5.41) is 13.2. The fourth-order valence-corrected chi connectivity index (χ4v) is 2.27. The molecule has 0 aromatic heterocycles. The molecule has 0 saturated carbocycles. The molecule has 2 N–H and O–H groups in total. The van der Waals surface area contributed by atoms with Gasteiger partial charge < -0.3 is 15.2 Å². The quantitative estimate of drug-likeness (QED) is 0.811. The van der Waals surface area contributed by atoms with Gasteiger partial charge in [-0.05, 0) is 42.9 Å². The van der Waals surface area contributed by atoms with Gasteiger partial charge in [0.1, 0.15) is 5.75 Å². The van der Waals surface area contributed by atoms with Gasteiger partial charge in [0, 0.05) is 6.42 Å². The second-order valence-electron chi connectivity index (χ2n) is 6.99. The summed E-state index contributed by atoms with van der Waals surface area (Å²) in [6.07, 6.45) is 1.64. The maximum Gasteiger partial charge on any atom is 0.220 e. The molecule has 4 nitrogen and oxygen atoms in total. The third kappa shape index (κ3) is 6.48. The zero-order valence-corrected chi connectivity index (χ0v) is 14.3. The SMILES string of the molecule is COc1ccc(C(O)C(C)NC(=O)CCCC(C)(C)C)cc1. The van der Waals surface area contributed by atoms with Crippen LogP contribution in [-0.2, 0) is 4.79 Å². The van der Waals surface area contributed by atoms with Crippen molar-refractivity contribution in [2.75, 3.05) is 7.11 Å². The first-order valence-corrected chi connectivity index (χ1v) is 7.84. The fourth-order valence-electron chi connectivity index (χ4n) is 2.27. The lowest BCUT2D eigenvalue weighted by Crippen LogP contribution is -2.37. The molecule has 1 amide bonds. The van der Waals surface area contributed by atoms with Crippen LogP contribution in [0.5, 0.6) is 5.75 Å². The summed E-state index contributed by atoms with van der Waals surface area (Å²) in [4.78, 5) is 11.9. The van der Waals surface area contributed by atoms with Crippen LogP contribution in [0.1, 0.15) is 58.6 Å². The van der Waals surface area contributed by atoms with Crippen molar-refractivity contribution in [1.29, 1.82) is 0 Å². The lowest BCUT2D eigenvalue weighted by Gasteiger charge is -2.22. The summed E-state index contributed by atoms with van der Waals surface area (Å²) in [6.45, 7) is 8.32. The molecule has 124 valence electrons. The van der Waals surface area contributed by atoms with E-state index in [0.29, 0.717) is 6.42 Å². The van der Waals surface area contributed by atoms with Gasteiger partial charge in [0.05, 0.1) is 19.3 Å². The van der Waals surface area contributed by atoms with Gasteiger partial charge in [0.2, 0.25) is 5.91 Å². The standard InChI is InChI=1S/C18H29NO3/c1-13(19-16(20)7-6-12-18(2,3)4)17(21)14-8-10-15(22-5)11-9-14/h8-11,13,17,21H,6-7,12H2,1-5H3,(H,19,20). The van der Waals surface area contributed by atoms with E-state index in [0.717, 1.165) is 24.2 Å². The molecule has 0 aliphatic rings. The Morgan fingerprint density at radius 1 is 1.27 bits per heavy atom. The Hall–Kier alpha value is -1.55. The number of hydrogen-bond donors (Lipinski definition) is 2. The molecule has 0 saturated heterocycles. The highest BCUT2D eigenvalue weighted by Crippen LogP contribution is 2.22. The molecule has 2 atom stereocenters. The molecule has 1 aromatic rings. The number of methoxy groups -OCH3 is 1. The molecule has 0 radical (unpaired) electrons. The van der Waals surface area contributed by atoms with Crippen molar-refractivity contribution in [2.24, 2.45) is 5.41 Å². The van der Waals surface area contributed by atoms with Crippen LogP contribution in [-0.4, -0.2) is 24.2 Å². The summed E-state index contributed by atoms with van der Waals surface area (Å²) >= 11 is 0. The van der Waals surface area contributed by atoms with Crippen LogP contribution in [0.25, 0.3) is 0 Å². The largest absolute Gasteiger partial charge is 0.497 e. The number of carbonyl (C=O) groups excluding carboxylic acids is 1. The van der Waals surface area contributed by atoms with Crippen LogP contribution in [0.15, 0.2) is 24.3 Å². The number of carbonyl (C=O) groups is 1. The number of benzene rings is 1. The van der Waals surface area contributed by atoms with E-state index >= 15 is 0 Å². The number of aliphatic hydroxyl groups is 1. The van der Waals surface area contributed by atoms with Crippen LogP contribution in [0.4, 0.5) is 0 Å². The van der Waals surface area contributed by atoms with Crippen molar-refractivity contribution >= 4 is 5.91 Å². The Balaban J connectivity index is 2.45. The van der Waals surface area contributed by atoms with Gasteiger partial charge >= 0.3 is 0 Å². The molecule has 0 heterocycles. The summed E-state index contributed by atoms with van der Waals surface area (Å²) in [7, 11) is 1.60. The summed E-state index contributed by atoms with van der Waals surface area (Å²) in [5.74, 6) is 0.735. The minimum atomic E-state index is -0.725. The molecule has 1 rings (SSSR count). The zero-order chi connectivity index (χ0) is 16.8. The van der Waals surface area contributed by atoms with E-state index in [1.54, 1.807) is 19.2 Å². The predicted molar refractivity (Wildman–Crippen MR) is 88.9 cm³/mol. The van der Waals surface area contributed by atoms with Gasteiger partial charge in [0.25, 0.3) is 0 Å². The highest BCUT2D eigenvalue weighted by Gasteiger charge is 2.19. The molecule has 0 aliphatic heterocycles. The third-order valence-electron chi connectivity index (χ3n) is 3.65. The molecular formula is C18H29NO3. The van der Waals surface area contributed by atoms with E-state index < -0.39 is 6.10 Å². The number of ether oxygens (including phenoxy) is 1. The molecule has 0 aliphatic carbocycles. The average Bonchev–Trinajstić information content (AvgIpc) is 2.45. The first kappa shape index (κ1) is 18.5. The van der Waals surface area contributed by atoms with E-state index in [1.165, 1.54) is 0 Å². The number of aliphatic hydroxyl groups excluding tert-OH is 1. The van der Waals surface area contributed by atoms with Crippen LogP contribution >= 0.6 is 0 Å². The highest BCUT2D eigenvalue weighted by atomic mass is 16.5. The topological polar surface area (TPSA) is 58.6 Å². The van der Waals surface area contributed by atoms with E-state index in [-0.39, 0.29) is 17.4 Å². The van der Waals surface area contributed by atoms with Crippen molar-refractivity contribution in [3.63, 3.8) is 0 Å². The Kier molecular flexibility index (Phi) is 6.88. The molecule has 0 fully saturated rings. The number of nitrogens with one attached hydrogen (secondary N) is 1. The van der Waals surface area contributed by atoms with Gasteiger partial charge in [-0.3, -0.25) is 4.79 Å². The van der Waals surface area contributed by atoms with E-state index in [2.05, 4.69) is 26.1 Å². The molecular weight excluding hydrogens is 278 g/mol. The van der Waals surface area contributed by atoms with Gasteiger partial charge in [-0.25, -0.2) is 0 Å². The molecule has 4 heteroatoms. The molecule has 0 spiro atoms. The zero-order valence-electron chi connectivity index (χ0n) is 14.3. The van der Waals surface area contributed by atoms with Crippen LogP contribution in [0.3, 0.4) is 0 Å². The smallest absolute Gasteiger partial charge is 0.220 e. The van der Waals surface area contributed by atoms with Crippen molar-refractivity contribution in [2.45, 2.75) is 59.1 Å². The second kappa shape index (κ2) is 8.18. The first-order valence-electron chi connectivity index (χ1n) is 7.84. The number of rotatable bonds is 7. The number of amides is 1. The van der Waals surface area contributed by atoms with E-state index in [1.807, 2.05) is 19.1 Å². The summed E-state index contributed by atoms with van der Waals surface area (Å²) in [6, 6.07) is 6.90. The van der Waals surface area contributed by atoms with Crippen molar-refractivity contribution in [1.82, 2.24) is 5.32 Å². The summed E-state index contributed by atoms with van der Waals surface area (Å²) in [5.41, 5.74) is 1.01. The van der Waals surface area contributed by atoms with Gasteiger partial charge in [0.15, 0.2) is 0 Å². The lowest BCUT2D eigenvalue weighted by molar-refractivity contribution is -0.122. The number of hydrogen-bond acceptors (Lipinski definition) is 3. The Labute approximate surface area is 133 Å². The average molecular weight is 307 g/mol. The van der Waals surface area contributed by atoms with Crippen LogP contribution in [0, 0.1) is 5.41 Å². The van der Waals surface area contributed by atoms with Crippen molar-refractivity contribution in [3.8, 4) is 5.75 Å². The summed E-state index contributed by atoms with van der Waals surface area (Å²) < 4.78 is 5.09. The minimum absolute atomic E-state index is 0.00990. The second-order valence-corrected chi connectivity index (χ2v) is 6.99. The molecule has 22 heavy (non-hydrogen) atoms. The first-order chi connectivity index (χ1) is 10.2. The monoisotopic (exact) mass is 307 g/mol.